The second-order valence-corrected chi connectivity index (χ2v) is 1.88. The van der Waals surface area contributed by atoms with E-state index in [1.54, 1.807) is 0 Å². The van der Waals surface area contributed by atoms with E-state index in [0.717, 1.165) is 12.1 Å². The first kappa shape index (κ1) is 6.02. The van der Waals surface area contributed by atoms with Crippen LogP contribution in [0.1, 0.15) is 6.42 Å². The number of allylic oxidation sites excluding steroid dienone is 4. The van der Waals surface area contributed by atoms with Gasteiger partial charge in [-0.15, -0.1) is 0 Å². The first-order valence-corrected chi connectivity index (χ1v) is 2.87. The van der Waals surface area contributed by atoms with Crippen LogP contribution in [0.2, 0.25) is 0 Å². The van der Waals surface area contributed by atoms with Gasteiger partial charge in [0.1, 0.15) is 0 Å². The van der Waals surface area contributed by atoms with E-state index in [9.17, 15) is 0 Å². The molecule has 0 aromatic heterocycles. The Morgan fingerprint density at radius 2 is 2.44 bits per heavy atom. The van der Waals surface area contributed by atoms with Crippen LogP contribution >= 0.6 is 0 Å². The van der Waals surface area contributed by atoms with Crippen LogP contribution in [0.4, 0.5) is 0 Å². The van der Waals surface area contributed by atoms with Gasteiger partial charge in [-0.05, 0) is 24.8 Å². The molecule has 1 aliphatic rings. The Morgan fingerprint density at radius 3 is 2.89 bits per heavy atom. The van der Waals surface area contributed by atoms with Crippen molar-refractivity contribution in [3.05, 3.63) is 36.1 Å². The summed E-state index contributed by atoms with van der Waals surface area (Å²) in [5.41, 5.74) is 2.13. The Hall–Kier alpha value is -1.11. The van der Waals surface area contributed by atoms with E-state index in [-0.39, 0.29) is 0 Å². The van der Waals surface area contributed by atoms with Crippen LogP contribution in [0.5, 0.6) is 0 Å². The quantitative estimate of drug-likeness (QED) is 0.493. The Labute approximate surface area is 55.1 Å². The predicted octanol–water partition coefficient (Wildman–Crippen LogP) is 2.09. The fraction of sp³-hybridized carbons (Fsp3) is 0.125. The van der Waals surface area contributed by atoms with Gasteiger partial charge in [-0.1, -0.05) is 18.7 Å². The summed E-state index contributed by atoms with van der Waals surface area (Å²) in [6.07, 6.45) is 6.80. The van der Waals surface area contributed by atoms with E-state index in [1.165, 1.54) is 5.57 Å². The van der Waals surface area contributed by atoms with Gasteiger partial charge in [0, 0.05) is 0 Å². The van der Waals surface area contributed by atoms with Crippen molar-refractivity contribution in [3.63, 3.8) is 0 Å². The monoisotopic (exact) mass is 119 g/mol. The summed E-state index contributed by atoms with van der Waals surface area (Å²) >= 11 is 0. The van der Waals surface area contributed by atoms with E-state index in [0.29, 0.717) is 0 Å². The van der Waals surface area contributed by atoms with Gasteiger partial charge in [0.15, 0.2) is 0 Å². The molecule has 0 saturated heterocycles. The summed E-state index contributed by atoms with van der Waals surface area (Å²) in [5.74, 6) is 0. The highest BCUT2D eigenvalue weighted by Gasteiger charge is 2.01. The first-order valence-electron chi connectivity index (χ1n) is 2.87. The summed E-state index contributed by atoms with van der Waals surface area (Å²) in [6, 6.07) is 0. The zero-order valence-electron chi connectivity index (χ0n) is 5.30. The van der Waals surface area contributed by atoms with Gasteiger partial charge in [-0.25, -0.2) is 0 Å². The molecular formula is C8H9N. The molecule has 0 aromatic rings. The summed E-state index contributed by atoms with van der Waals surface area (Å²) in [6.45, 7) is 7.09. The Kier molecular flexibility index (Phi) is 1.63. The molecule has 0 bridgehead atoms. The third-order valence-electron chi connectivity index (χ3n) is 1.36. The minimum Gasteiger partial charge on any atom is -0.264 e. The van der Waals surface area contributed by atoms with Gasteiger partial charge in [0.25, 0.3) is 0 Å². The average Bonchev–Trinajstić information content (AvgIpc) is 2.33. The second kappa shape index (κ2) is 2.44. The van der Waals surface area contributed by atoms with Crippen molar-refractivity contribution >= 4 is 6.72 Å². The lowest BCUT2D eigenvalue weighted by Crippen LogP contribution is -1.73. The van der Waals surface area contributed by atoms with Gasteiger partial charge in [0.2, 0.25) is 0 Å². The molecule has 0 saturated carbocycles. The lowest BCUT2D eigenvalue weighted by atomic mass is 10.2. The molecule has 46 valence electrons. The smallest absolute Gasteiger partial charge is 0.0654 e. The lowest BCUT2D eigenvalue weighted by Gasteiger charge is -1.91. The minimum absolute atomic E-state index is 0.956. The van der Waals surface area contributed by atoms with Crippen LogP contribution in [0.3, 0.4) is 0 Å². The van der Waals surface area contributed by atoms with Gasteiger partial charge >= 0.3 is 0 Å². The van der Waals surface area contributed by atoms with E-state index >= 15 is 0 Å². The molecule has 1 rings (SSSR count). The van der Waals surface area contributed by atoms with Gasteiger partial charge in [-0.3, -0.25) is 4.99 Å². The maximum Gasteiger partial charge on any atom is 0.0654 e. The molecule has 0 fully saturated rings. The Bertz CT molecular complexity index is 197. The number of hydrogen-bond donors (Lipinski definition) is 0. The van der Waals surface area contributed by atoms with Crippen LogP contribution in [-0.2, 0) is 0 Å². The molecule has 0 amide bonds. The standard InChI is InChI=1S/C8H9N/c1-3-7-5-4-6-8(7)9-2/h3-4,6H,1-2,5H2. The second-order valence-electron chi connectivity index (χ2n) is 1.88. The zero-order valence-corrected chi connectivity index (χ0v) is 5.30. The fourth-order valence-corrected chi connectivity index (χ4v) is 0.851. The van der Waals surface area contributed by atoms with Crippen LogP contribution < -0.4 is 0 Å². The van der Waals surface area contributed by atoms with Crippen LogP contribution in [0.25, 0.3) is 0 Å². The number of hydrogen-bond acceptors (Lipinski definition) is 1. The third kappa shape index (κ3) is 0.992. The normalized spacial score (nSPS) is 16.4. The molecule has 0 aliphatic heterocycles. The Balaban J connectivity index is 2.91. The molecule has 0 unspecified atom stereocenters. The molecule has 0 radical (unpaired) electrons. The summed E-state index contributed by atoms with van der Waals surface area (Å²) in [7, 11) is 0. The van der Waals surface area contributed by atoms with E-state index in [4.69, 9.17) is 0 Å². The highest BCUT2D eigenvalue weighted by molar-refractivity contribution is 5.43. The van der Waals surface area contributed by atoms with Gasteiger partial charge in [0.05, 0.1) is 5.70 Å². The van der Waals surface area contributed by atoms with Crippen LogP contribution in [-0.4, -0.2) is 6.72 Å². The molecule has 9 heavy (non-hydrogen) atoms. The third-order valence-corrected chi connectivity index (χ3v) is 1.36. The molecule has 0 spiro atoms. The summed E-state index contributed by atoms with van der Waals surface area (Å²) in [5, 5.41) is 0. The van der Waals surface area contributed by atoms with Crippen LogP contribution in [0, 0.1) is 0 Å². The van der Waals surface area contributed by atoms with E-state index < -0.39 is 0 Å². The minimum atomic E-state index is 0.956. The van der Waals surface area contributed by atoms with Crippen LogP contribution in [0.15, 0.2) is 41.1 Å². The zero-order chi connectivity index (χ0) is 6.69. The molecule has 1 nitrogen and oxygen atoms in total. The highest BCUT2D eigenvalue weighted by Crippen LogP contribution is 2.19. The van der Waals surface area contributed by atoms with Crippen molar-refractivity contribution in [2.45, 2.75) is 6.42 Å². The molecule has 0 atom stereocenters. The average molecular weight is 119 g/mol. The summed E-state index contributed by atoms with van der Waals surface area (Å²) in [4.78, 5) is 3.81. The fourth-order valence-electron chi connectivity index (χ4n) is 0.851. The predicted molar refractivity (Wildman–Crippen MR) is 40.5 cm³/mol. The van der Waals surface area contributed by atoms with Crippen molar-refractivity contribution in [1.82, 2.24) is 0 Å². The van der Waals surface area contributed by atoms with Crippen molar-refractivity contribution < 1.29 is 0 Å². The SMILES string of the molecule is C=CC1=C(N=C)C=CC1. The Morgan fingerprint density at radius 1 is 1.67 bits per heavy atom. The summed E-state index contributed by atoms with van der Waals surface area (Å²) < 4.78 is 0. The van der Waals surface area contributed by atoms with Crippen molar-refractivity contribution in [2.24, 2.45) is 4.99 Å². The van der Waals surface area contributed by atoms with E-state index in [1.807, 2.05) is 12.2 Å². The lowest BCUT2D eigenvalue weighted by molar-refractivity contribution is 1.29. The molecule has 0 aromatic carbocycles. The van der Waals surface area contributed by atoms with Crippen molar-refractivity contribution in [3.8, 4) is 0 Å². The topological polar surface area (TPSA) is 12.4 Å². The highest BCUT2D eigenvalue weighted by atomic mass is 14.7. The first-order chi connectivity index (χ1) is 4.38. The molecule has 0 N–H and O–H groups in total. The number of nitrogens with zero attached hydrogens (tertiary/aromatic N) is 1. The van der Waals surface area contributed by atoms with Gasteiger partial charge in [-0.2, -0.15) is 0 Å². The van der Waals surface area contributed by atoms with Crippen molar-refractivity contribution in [1.29, 1.82) is 0 Å². The maximum atomic E-state index is 3.81. The van der Waals surface area contributed by atoms with E-state index in [2.05, 4.69) is 24.4 Å². The molecule has 0 heterocycles. The largest absolute Gasteiger partial charge is 0.264 e. The number of rotatable bonds is 2. The molecule has 1 aliphatic carbocycles. The molecule has 1 heteroatoms. The number of aliphatic imine (C=N–C) groups is 1. The van der Waals surface area contributed by atoms with Gasteiger partial charge < -0.3 is 0 Å². The molecular weight excluding hydrogens is 110 g/mol. The van der Waals surface area contributed by atoms with Crippen molar-refractivity contribution in [2.75, 3.05) is 0 Å². The maximum absolute atomic E-state index is 3.81.